The van der Waals surface area contributed by atoms with Crippen LogP contribution < -0.4 is 11.5 Å². The summed E-state index contributed by atoms with van der Waals surface area (Å²) >= 11 is 0. The molecule has 7 heavy (non-hydrogen) atoms. The van der Waals surface area contributed by atoms with Crippen LogP contribution in [0.3, 0.4) is 0 Å². The van der Waals surface area contributed by atoms with E-state index in [2.05, 4.69) is 24.6 Å². The van der Waals surface area contributed by atoms with Gasteiger partial charge in [0.05, 0.1) is 0 Å². The van der Waals surface area contributed by atoms with Gasteiger partial charge in [-0.2, -0.15) is 0 Å². The zero-order valence-corrected chi connectivity index (χ0v) is 4.97. The van der Waals surface area contributed by atoms with Crippen molar-refractivity contribution >= 4 is 0 Å². The molecular formula is C4H10CuN2. The largest absolute Gasteiger partial charge is 0.405 e. The van der Waals surface area contributed by atoms with Crippen molar-refractivity contribution in [3.05, 3.63) is 25.6 Å². The van der Waals surface area contributed by atoms with E-state index in [9.17, 15) is 0 Å². The first-order chi connectivity index (χ1) is 2.83. The zero-order valence-electron chi connectivity index (χ0n) is 4.03. The van der Waals surface area contributed by atoms with E-state index in [-0.39, 0.29) is 17.1 Å². The van der Waals surface area contributed by atoms with E-state index in [0.29, 0.717) is 0 Å². The van der Waals surface area contributed by atoms with E-state index in [1.807, 2.05) is 0 Å². The second kappa shape index (κ2) is 46.3. The molecule has 0 atom stereocenters. The van der Waals surface area contributed by atoms with Crippen molar-refractivity contribution in [3.63, 3.8) is 0 Å². The standard InChI is InChI=1S/2C2H5N.Cu/c2*1-2-3;/h2*2H,1,3H2;. The van der Waals surface area contributed by atoms with Gasteiger partial charge in [0, 0.05) is 17.1 Å². The molecule has 0 saturated heterocycles. The van der Waals surface area contributed by atoms with Crippen molar-refractivity contribution in [2.24, 2.45) is 11.5 Å². The van der Waals surface area contributed by atoms with Crippen molar-refractivity contribution in [2.75, 3.05) is 0 Å². The summed E-state index contributed by atoms with van der Waals surface area (Å²) in [6.45, 7) is 6.28. The normalized spacial score (nSPS) is 3.43. The molecule has 0 unspecified atom stereocenters. The van der Waals surface area contributed by atoms with Crippen molar-refractivity contribution in [3.8, 4) is 0 Å². The summed E-state index contributed by atoms with van der Waals surface area (Å²) < 4.78 is 0. The van der Waals surface area contributed by atoms with Crippen molar-refractivity contribution in [1.29, 1.82) is 0 Å². The van der Waals surface area contributed by atoms with Crippen LogP contribution in [0.4, 0.5) is 0 Å². The molecule has 0 rings (SSSR count). The summed E-state index contributed by atoms with van der Waals surface area (Å²) in [5, 5.41) is 0. The molecule has 0 aliphatic rings. The van der Waals surface area contributed by atoms with E-state index in [1.165, 1.54) is 12.4 Å². The fourth-order valence-corrected chi connectivity index (χ4v) is 0. The molecule has 0 heterocycles. The molecule has 47 valence electrons. The Bertz CT molecular complexity index is 30.7. The molecule has 0 bridgehead atoms. The SMILES string of the molecule is C=CN.C=CN.[Cu]. The Hall–Kier alpha value is -0.401. The molecule has 0 aliphatic carbocycles. The van der Waals surface area contributed by atoms with E-state index in [1.54, 1.807) is 0 Å². The minimum Gasteiger partial charge on any atom is -0.405 e. The number of rotatable bonds is 0. The molecule has 0 aromatic heterocycles. The van der Waals surface area contributed by atoms with Crippen LogP contribution in [0.1, 0.15) is 0 Å². The van der Waals surface area contributed by atoms with Crippen LogP contribution in [0, 0.1) is 0 Å². The van der Waals surface area contributed by atoms with E-state index in [4.69, 9.17) is 0 Å². The van der Waals surface area contributed by atoms with Crippen LogP contribution >= 0.6 is 0 Å². The van der Waals surface area contributed by atoms with Gasteiger partial charge in [0.1, 0.15) is 0 Å². The molecule has 0 fully saturated rings. The first-order valence-corrected chi connectivity index (χ1v) is 1.48. The van der Waals surface area contributed by atoms with Gasteiger partial charge in [-0.15, -0.1) is 0 Å². The first kappa shape index (κ1) is 16.0. The van der Waals surface area contributed by atoms with Crippen molar-refractivity contribution in [1.82, 2.24) is 0 Å². The average Bonchev–Trinajstić information content (AvgIpc) is 1.39. The summed E-state index contributed by atoms with van der Waals surface area (Å²) in [6.07, 6.45) is 2.50. The second-order valence-corrected chi connectivity index (χ2v) is 0.471. The van der Waals surface area contributed by atoms with Gasteiger partial charge in [0.2, 0.25) is 0 Å². The Kier molecular flexibility index (Phi) is 106. The summed E-state index contributed by atoms with van der Waals surface area (Å²) in [4.78, 5) is 0. The second-order valence-electron chi connectivity index (χ2n) is 0.471. The predicted molar refractivity (Wildman–Crippen MR) is 28.8 cm³/mol. The predicted octanol–water partition coefficient (Wildman–Crippen LogP) is 0.175. The maximum atomic E-state index is 4.61. The number of nitrogens with two attached hydrogens (primary N) is 2. The average molecular weight is 150 g/mol. The van der Waals surface area contributed by atoms with Crippen molar-refractivity contribution in [2.45, 2.75) is 0 Å². The van der Waals surface area contributed by atoms with E-state index < -0.39 is 0 Å². The monoisotopic (exact) mass is 149 g/mol. The topological polar surface area (TPSA) is 52.0 Å². The maximum Gasteiger partial charge on any atom is 0 e. The summed E-state index contributed by atoms with van der Waals surface area (Å²) in [6, 6.07) is 0. The Balaban J connectivity index is -0.0000000400. The maximum absolute atomic E-state index is 4.61. The number of hydrogen-bond acceptors (Lipinski definition) is 2. The fourth-order valence-electron chi connectivity index (χ4n) is 0. The smallest absolute Gasteiger partial charge is 0 e. The molecule has 0 aromatic rings. The Morgan fingerprint density at radius 1 is 1.00 bits per heavy atom. The molecule has 3 heteroatoms. The van der Waals surface area contributed by atoms with Gasteiger partial charge in [0.25, 0.3) is 0 Å². The molecule has 0 saturated carbocycles. The first-order valence-electron chi connectivity index (χ1n) is 1.48. The van der Waals surface area contributed by atoms with E-state index in [0.717, 1.165) is 0 Å². The Morgan fingerprint density at radius 2 is 1.00 bits per heavy atom. The van der Waals surface area contributed by atoms with Crippen LogP contribution in [0.5, 0.6) is 0 Å². The Morgan fingerprint density at radius 3 is 1.00 bits per heavy atom. The molecule has 0 amide bonds. The molecule has 2 nitrogen and oxygen atoms in total. The molecule has 4 N–H and O–H groups in total. The van der Waals surface area contributed by atoms with Gasteiger partial charge < -0.3 is 11.5 Å². The van der Waals surface area contributed by atoms with Gasteiger partial charge >= 0.3 is 0 Å². The van der Waals surface area contributed by atoms with Gasteiger partial charge in [-0.3, -0.25) is 0 Å². The van der Waals surface area contributed by atoms with Gasteiger partial charge in [-0.25, -0.2) is 0 Å². The van der Waals surface area contributed by atoms with Crippen LogP contribution in [-0.2, 0) is 17.1 Å². The molecule has 0 aliphatic heterocycles. The Labute approximate surface area is 54.7 Å². The van der Waals surface area contributed by atoms with Crippen LogP contribution in [-0.4, -0.2) is 0 Å². The third-order valence-electron chi connectivity index (χ3n) is 0. The van der Waals surface area contributed by atoms with Gasteiger partial charge in [-0.05, 0) is 12.4 Å². The minimum atomic E-state index is 0. The van der Waals surface area contributed by atoms with Crippen LogP contribution in [0.25, 0.3) is 0 Å². The van der Waals surface area contributed by atoms with Gasteiger partial charge in [0.15, 0.2) is 0 Å². The van der Waals surface area contributed by atoms with E-state index >= 15 is 0 Å². The quantitative estimate of drug-likeness (QED) is 0.483. The number of hydrogen-bond donors (Lipinski definition) is 2. The molecular weight excluding hydrogens is 140 g/mol. The zero-order chi connectivity index (χ0) is 5.41. The third-order valence-corrected chi connectivity index (χ3v) is 0. The molecule has 0 spiro atoms. The summed E-state index contributed by atoms with van der Waals surface area (Å²) in [5.41, 5.74) is 9.22. The molecule has 0 aromatic carbocycles. The summed E-state index contributed by atoms with van der Waals surface area (Å²) in [7, 11) is 0. The van der Waals surface area contributed by atoms with Crippen molar-refractivity contribution < 1.29 is 17.1 Å². The third kappa shape index (κ3) is 452. The van der Waals surface area contributed by atoms with Crippen LogP contribution in [0.2, 0.25) is 0 Å². The molecule has 1 radical (unpaired) electrons. The van der Waals surface area contributed by atoms with Gasteiger partial charge in [-0.1, -0.05) is 13.2 Å². The summed E-state index contributed by atoms with van der Waals surface area (Å²) in [5.74, 6) is 0. The van der Waals surface area contributed by atoms with Crippen LogP contribution in [0.15, 0.2) is 25.6 Å². The fraction of sp³-hybridized carbons (Fsp3) is 0. The minimum absolute atomic E-state index is 0.